The van der Waals surface area contributed by atoms with E-state index in [0.717, 1.165) is 5.03 Å². The highest BCUT2D eigenvalue weighted by molar-refractivity contribution is 8.77. The first-order chi connectivity index (χ1) is 9.20. The van der Waals surface area contributed by atoms with Crippen LogP contribution in [0.15, 0.2) is 29.4 Å². The van der Waals surface area contributed by atoms with Crippen LogP contribution in [0.5, 0.6) is 0 Å². The Balaban J connectivity index is 2.29. The molecule has 0 aromatic carbocycles. The van der Waals surface area contributed by atoms with E-state index < -0.39 is 0 Å². The lowest BCUT2D eigenvalue weighted by molar-refractivity contribution is 0.514. The topological polar surface area (TPSA) is 12.9 Å². The molecule has 0 aliphatic rings. The molecule has 108 valence electrons. The Morgan fingerprint density at radius 2 is 1.89 bits per heavy atom. The third-order valence-corrected chi connectivity index (χ3v) is 6.88. The van der Waals surface area contributed by atoms with Crippen LogP contribution in [-0.4, -0.2) is 9.73 Å². The molecule has 1 aromatic rings. The number of hydrogen-bond acceptors (Lipinski definition) is 3. The van der Waals surface area contributed by atoms with E-state index >= 15 is 0 Å². The fraction of sp³-hybridized carbons (Fsp3) is 0.688. The molecule has 1 aromatic heterocycles. The number of pyridine rings is 1. The van der Waals surface area contributed by atoms with Crippen LogP contribution in [0.1, 0.15) is 65.7 Å². The summed E-state index contributed by atoms with van der Waals surface area (Å²) in [5, 5.41) is 1.12. The molecular formula is C16H27NS2. The van der Waals surface area contributed by atoms with Gasteiger partial charge in [-0.25, -0.2) is 4.98 Å². The third kappa shape index (κ3) is 7.26. The zero-order chi connectivity index (χ0) is 14.0. The average molecular weight is 298 g/mol. The molecule has 0 spiro atoms. The predicted molar refractivity (Wildman–Crippen MR) is 89.8 cm³/mol. The molecule has 0 aliphatic heterocycles. The van der Waals surface area contributed by atoms with Crippen LogP contribution in [0.3, 0.4) is 0 Å². The summed E-state index contributed by atoms with van der Waals surface area (Å²) < 4.78 is 0.383. The molecule has 19 heavy (non-hydrogen) atoms. The zero-order valence-corrected chi connectivity index (χ0v) is 14.2. The van der Waals surface area contributed by atoms with Crippen molar-refractivity contribution in [3.63, 3.8) is 0 Å². The van der Waals surface area contributed by atoms with Crippen LogP contribution in [0, 0.1) is 0 Å². The molecule has 1 nitrogen and oxygen atoms in total. The smallest absolute Gasteiger partial charge is 0.106 e. The van der Waals surface area contributed by atoms with Crippen molar-refractivity contribution in [3.05, 3.63) is 24.4 Å². The Kier molecular flexibility index (Phi) is 8.64. The molecule has 0 bridgehead atoms. The van der Waals surface area contributed by atoms with Crippen molar-refractivity contribution >= 4 is 21.6 Å². The van der Waals surface area contributed by atoms with Crippen molar-refractivity contribution in [2.45, 2.75) is 75.5 Å². The molecule has 1 rings (SSSR count). The van der Waals surface area contributed by atoms with Gasteiger partial charge >= 0.3 is 0 Å². The van der Waals surface area contributed by atoms with Crippen molar-refractivity contribution < 1.29 is 0 Å². The highest BCUT2D eigenvalue weighted by Gasteiger charge is 2.23. The third-order valence-electron chi connectivity index (χ3n) is 3.52. The Labute approximate surface area is 126 Å². The first-order valence-electron chi connectivity index (χ1n) is 7.47. The van der Waals surface area contributed by atoms with Gasteiger partial charge in [-0.2, -0.15) is 0 Å². The summed E-state index contributed by atoms with van der Waals surface area (Å²) in [4.78, 5) is 4.38. The van der Waals surface area contributed by atoms with E-state index in [-0.39, 0.29) is 0 Å². The van der Waals surface area contributed by atoms with Gasteiger partial charge in [0.25, 0.3) is 0 Å². The Bertz CT molecular complexity index is 329. The van der Waals surface area contributed by atoms with Gasteiger partial charge in [0, 0.05) is 10.9 Å². The molecule has 0 fully saturated rings. The van der Waals surface area contributed by atoms with Gasteiger partial charge in [-0.1, -0.05) is 62.8 Å². The fourth-order valence-electron chi connectivity index (χ4n) is 1.92. The molecule has 0 amide bonds. The van der Waals surface area contributed by atoms with Gasteiger partial charge in [0.05, 0.1) is 0 Å². The lowest BCUT2D eigenvalue weighted by Crippen LogP contribution is -2.17. The molecule has 0 saturated heterocycles. The van der Waals surface area contributed by atoms with E-state index in [2.05, 4.69) is 37.9 Å². The lowest BCUT2D eigenvalue weighted by atomic mass is 9.99. The zero-order valence-electron chi connectivity index (χ0n) is 12.5. The molecule has 3 heteroatoms. The minimum atomic E-state index is 0.383. The van der Waals surface area contributed by atoms with Crippen molar-refractivity contribution in [1.29, 1.82) is 0 Å². The predicted octanol–water partition coefficient (Wildman–Crippen LogP) is 6.35. The van der Waals surface area contributed by atoms with Crippen molar-refractivity contribution in [2.24, 2.45) is 0 Å². The normalized spacial score (nSPS) is 14.3. The van der Waals surface area contributed by atoms with Gasteiger partial charge < -0.3 is 0 Å². The SMILES string of the molecule is CCCCCCCC(C)(CC)SSc1ccccn1. The second-order valence-corrected chi connectivity index (χ2v) is 8.04. The molecule has 0 N–H and O–H groups in total. The number of rotatable bonds is 10. The number of aromatic nitrogens is 1. The molecular weight excluding hydrogens is 270 g/mol. The van der Waals surface area contributed by atoms with Crippen LogP contribution in [0.4, 0.5) is 0 Å². The van der Waals surface area contributed by atoms with E-state index in [4.69, 9.17) is 0 Å². The van der Waals surface area contributed by atoms with E-state index in [0.29, 0.717) is 4.75 Å². The molecule has 1 unspecified atom stereocenters. The van der Waals surface area contributed by atoms with Crippen LogP contribution in [0.25, 0.3) is 0 Å². The van der Waals surface area contributed by atoms with Crippen molar-refractivity contribution in [3.8, 4) is 0 Å². The molecule has 0 radical (unpaired) electrons. The average Bonchev–Trinajstić information content (AvgIpc) is 2.46. The summed E-state index contributed by atoms with van der Waals surface area (Å²) in [6.07, 6.45) is 11.3. The fourth-order valence-corrected chi connectivity index (χ4v) is 4.55. The van der Waals surface area contributed by atoms with Crippen LogP contribution >= 0.6 is 21.6 Å². The van der Waals surface area contributed by atoms with Gasteiger partial charge in [0.1, 0.15) is 5.03 Å². The summed E-state index contributed by atoms with van der Waals surface area (Å²) >= 11 is 0. The minimum absolute atomic E-state index is 0.383. The Morgan fingerprint density at radius 1 is 1.11 bits per heavy atom. The van der Waals surface area contributed by atoms with Crippen molar-refractivity contribution in [1.82, 2.24) is 4.98 Å². The number of hydrogen-bond donors (Lipinski definition) is 0. The van der Waals surface area contributed by atoms with E-state index in [9.17, 15) is 0 Å². The Hall–Kier alpha value is -0.150. The second-order valence-electron chi connectivity index (χ2n) is 5.30. The van der Waals surface area contributed by atoms with Gasteiger partial charge in [-0.15, -0.1) is 0 Å². The number of unbranched alkanes of at least 4 members (excludes halogenated alkanes) is 4. The molecule has 1 atom stereocenters. The summed E-state index contributed by atoms with van der Waals surface area (Å²) in [6.45, 7) is 6.97. The van der Waals surface area contributed by atoms with Crippen LogP contribution in [-0.2, 0) is 0 Å². The molecule has 0 aliphatic carbocycles. The van der Waals surface area contributed by atoms with Crippen LogP contribution in [0.2, 0.25) is 0 Å². The van der Waals surface area contributed by atoms with E-state index in [1.165, 1.54) is 44.9 Å². The summed E-state index contributed by atoms with van der Waals surface area (Å²) in [5.74, 6) is 0. The van der Waals surface area contributed by atoms with Gasteiger partial charge in [0.2, 0.25) is 0 Å². The van der Waals surface area contributed by atoms with E-state index in [1.54, 1.807) is 0 Å². The lowest BCUT2D eigenvalue weighted by Gasteiger charge is -2.26. The summed E-state index contributed by atoms with van der Waals surface area (Å²) in [5.41, 5.74) is 0. The monoisotopic (exact) mass is 297 g/mol. The first-order valence-corrected chi connectivity index (χ1v) is 9.62. The minimum Gasteiger partial charge on any atom is -0.249 e. The highest BCUT2D eigenvalue weighted by Crippen LogP contribution is 2.44. The van der Waals surface area contributed by atoms with Crippen molar-refractivity contribution in [2.75, 3.05) is 0 Å². The maximum atomic E-state index is 4.38. The first kappa shape index (κ1) is 16.9. The Morgan fingerprint density at radius 3 is 2.53 bits per heavy atom. The largest absolute Gasteiger partial charge is 0.249 e. The molecule has 1 heterocycles. The molecule has 0 saturated carbocycles. The quantitative estimate of drug-likeness (QED) is 0.369. The summed E-state index contributed by atoms with van der Waals surface area (Å²) in [7, 11) is 3.82. The highest BCUT2D eigenvalue weighted by atomic mass is 33.1. The maximum Gasteiger partial charge on any atom is 0.106 e. The summed E-state index contributed by atoms with van der Waals surface area (Å²) in [6, 6.07) is 6.13. The standard InChI is InChI=1S/C16H27NS2/c1-4-6-7-8-10-13-16(3,5-2)19-18-15-12-9-11-14-17-15/h9,11-12,14H,4-8,10,13H2,1-3H3. The second kappa shape index (κ2) is 9.71. The van der Waals surface area contributed by atoms with Gasteiger partial charge in [-0.05, 0) is 42.7 Å². The maximum absolute atomic E-state index is 4.38. The van der Waals surface area contributed by atoms with Gasteiger partial charge in [-0.3, -0.25) is 0 Å². The van der Waals surface area contributed by atoms with Crippen LogP contribution < -0.4 is 0 Å². The van der Waals surface area contributed by atoms with Gasteiger partial charge in [0.15, 0.2) is 0 Å². The van der Waals surface area contributed by atoms with E-state index in [1.807, 2.05) is 33.9 Å². The number of nitrogens with zero attached hydrogens (tertiary/aromatic N) is 1.